The Bertz CT molecular complexity index is 666. The highest BCUT2D eigenvalue weighted by Crippen LogP contribution is 2.32. The minimum Gasteiger partial charge on any atom is -0.480 e. The van der Waals surface area contributed by atoms with E-state index < -0.39 is 23.8 Å². The first-order valence-electron chi connectivity index (χ1n) is 8.23. The molecular formula is C18H24N2O5. The lowest BCUT2D eigenvalue weighted by molar-refractivity contribution is -0.143. The molecule has 0 aromatic heterocycles. The number of carbonyl (C=O) groups is 3. The van der Waals surface area contributed by atoms with Crippen LogP contribution in [-0.2, 0) is 19.1 Å². The Balaban J connectivity index is 2.06. The van der Waals surface area contributed by atoms with Crippen LogP contribution in [0.2, 0.25) is 0 Å². The highest BCUT2D eigenvalue weighted by molar-refractivity contribution is 6.01. The number of benzene rings is 1. The van der Waals surface area contributed by atoms with Crippen molar-refractivity contribution in [1.82, 2.24) is 5.32 Å². The number of fused-ring (bicyclic) bond motifs is 1. The SMILES string of the molecule is CC(C)(C)OCCC(NC(=O)C1CC(=O)Nc2ccccc21)C(=O)O. The number of para-hydroxylation sites is 1. The summed E-state index contributed by atoms with van der Waals surface area (Å²) < 4.78 is 5.53. The second kappa shape index (κ2) is 7.65. The Labute approximate surface area is 146 Å². The monoisotopic (exact) mass is 348 g/mol. The first-order chi connectivity index (χ1) is 11.7. The summed E-state index contributed by atoms with van der Waals surface area (Å²) in [6.07, 6.45) is 0.145. The Morgan fingerprint density at radius 1 is 1.36 bits per heavy atom. The zero-order chi connectivity index (χ0) is 18.6. The van der Waals surface area contributed by atoms with E-state index in [1.807, 2.05) is 20.8 Å². The van der Waals surface area contributed by atoms with Crippen molar-refractivity contribution in [3.8, 4) is 0 Å². The first kappa shape index (κ1) is 18.9. The van der Waals surface area contributed by atoms with Crippen LogP contribution in [0.15, 0.2) is 24.3 Å². The Morgan fingerprint density at radius 2 is 2.04 bits per heavy atom. The fourth-order valence-electron chi connectivity index (χ4n) is 2.66. The van der Waals surface area contributed by atoms with Crippen molar-refractivity contribution < 1.29 is 24.2 Å². The topological polar surface area (TPSA) is 105 Å². The molecule has 2 atom stereocenters. The van der Waals surface area contributed by atoms with E-state index in [1.54, 1.807) is 24.3 Å². The van der Waals surface area contributed by atoms with Gasteiger partial charge in [-0.15, -0.1) is 0 Å². The molecule has 1 aliphatic heterocycles. The Morgan fingerprint density at radius 3 is 2.68 bits per heavy atom. The summed E-state index contributed by atoms with van der Waals surface area (Å²) in [4.78, 5) is 35.8. The van der Waals surface area contributed by atoms with E-state index in [4.69, 9.17) is 4.74 Å². The van der Waals surface area contributed by atoms with E-state index in [-0.39, 0.29) is 31.0 Å². The molecule has 0 saturated heterocycles. The third-order valence-corrected chi connectivity index (χ3v) is 3.87. The number of amides is 2. The summed E-state index contributed by atoms with van der Waals surface area (Å²) in [5.41, 5.74) is 0.893. The number of nitrogens with one attached hydrogen (secondary N) is 2. The van der Waals surface area contributed by atoms with Crippen LogP contribution in [0.1, 0.15) is 45.1 Å². The molecule has 0 spiro atoms. The molecule has 7 heteroatoms. The number of hydrogen-bond acceptors (Lipinski definition) is 4. The van der Waals surface area contributed by atoms with E-state index >= 15 is 0 Å². The summed E-state index contributed by atoms with van der Waals surface area (Å²) in [5.74, 6) is -2.55. The molecular weight excluding hydrogens is 324 g/mol. The number of rotatable bonds is 6. The lowest BCUT2D eigenvalue weighted by Gasteiger charge is -2.26. The van der Waals surface area contributed by atoms with Gasteiger partial charge in [-0.1, -0.05) is 18.2 Å². The van der Waals surface area contributed by atoms with Crippen LogP contribution in [0.3, 0.4) is 0 Å². The molecule has 2 rings (SSSR count). The lowest BCUT2D eigenvalue weighted by atomic mass is 9.89. The van der Waals surface area contributed by atoms with Crippen molar-refractivity contribution in [2.75, 3.05) is 11.9 Å². The van der Waals surface area contributed by atoms with Gasteiger partial charge in [0.1, 0.15) is 6.04 Å². The molecule has 1 heterocycles. The maximum absolute atomic E-state index is 12.6. The van der Waals surface area contributed by atoms with Gasteiger partial charge in [-0.25, -0.2) is 4.79 Å². The van der Waals surface area contributed by atoms with Gasteiger partial charge in [-0.05, 0) is 32.4 Å². The molecule has 0 saturated carbocycles. The van der Waals surface area contributed by atoms with Crippen LogP contribution in [0.5, 0.6) is 0 Å². The van der Waals surface area contributed by atoms with E-state index in [2.05, 4.69) is 10.6 Å². The molecule has 2 unspecified atom stereocenters. The van der Waals surface area contributed by atoms with Crippen molar-refractivity contribution in [3.63, 3.8) is 0 Å². The molecule has 0 aliphatic carbocycles. The van der Waals surface area contributed by atoms with Gasteiger partial charge in [0.25, 0.3) is 0 Å². The van der Waals surface area contributed by atoms with Gasteiger partial charge in [-0.3, -0.25) is 9.59 Å². The number of ether oxygens (including phenoxy) is 1. The van der Waals surface area contributed by atoms with Gasteiger partial charge >= 0.3 is 5.97 Å². The molecule has 3 N–H and O–H groups in total. The number of hydrogen-bond donors (Lipinski definition) is 3. The molecule has 1 aromatic rings. The van der Waals surface area contributed by atoms with Crippen molar-refractivity contribution in [2.45, 2.75) is 51.2 Å². The van der Waals surface area contributed by atoms with E-state index in [1.165, 1.54) is 0 Å². The molecule has 0 bridgehead atoms. The minimum absolute atomic E-state index is 0.00627. The van der Waals surface area contributed by atoms with Crippen molar-refractivity contribution in [3.05, 3.63) is 29.8 Å². The number of carboxylic acid groups (broad SMARTS) is 1. The van der Waals surface area contributed by atoms with Crippen LogP contribution >= 0.6 is 0 Å². The molecule has 1 aliphatic rings. The number of carbonyl (C=O) groups excluding carboxylic acids is 2. The zero-order valence-corrected chi connectivity index (χ0v) is 14.7. The first-order valence-corrected chi connectivity index (χ1v) is 8.23. The summed E-state index contributed by atoms with van der Waals surface area (Å²) in [7, 11) is 0. The number of carboxylic acids is 1. The van der Waals surface area contributed by atoms with Crippen molar-refractivity contribution in [2.24, 2.45) is 0 Å². The second-order valence-corrected chi connectivity index (χ2v) is 7.04. The smallest absolute Gasteiger partial charge is 0.326 e. The molecule has 2 amide bonds. The summed E-state index contributed by atoms with van der Waals surface area (Å²) in [6.45, 7) is 5.83. The highest BCUT2D eigenvalue weighted by Gasteiger charge is 2.32. The largest absolute Gasteiger partial charge is 0.480 e. The van der Waals surface area contributed by atoms with Gasteiger partial charge < -0.3 is 20.5 Å². The predicted molar refractivity (Wildman–Crippen MR) is 92.3 cm³/mol. The van der Waals surface area contributed by atoms with Gasteiger partial charge in [0.15, 0.2) is 0 Å². The fraction of sp³-hybridized carbons (Fsp3) is 0.500. The molecule has 0 radical (unpaired) electrons. The number of aliphatic carboxylic acids is 1. The quantitative estimate of drug-likeness (QED) is 0.728. The highest BCUT2D eigenvalue weighted by atomic mass is 16.5. The van der Waals surface area contributed by atoms with E-state index in [9.17, 15) is 19.5 Å². The molecule has 0 fully saturated rings. The summed E-state index contributed by atoms with van der Waals surface area (Å²) >= 11 is 0. The maximum atomic E-state index is 12.6. The van der Waals surface area contributed by atoms with Gasteiger partial charge in [-0.2, -0.15) is 0 Å². The van der Waals surface area contributed by atoms with Gasteiger partial charge in [0.05, 0.1) is 11.5 Å². The van der Waals surface area contributed by atoms with Crippen LogP contribution in [0.4, 0.5) is 5.69 Å². The van der Waals surface area contributed by atoms with E-state index in [0.717, 1.165) is 0 Å². The van der Waals surface area contributed by atoms with Gasteiger partial charge in [0.2, 0.25) is 11.8 Å². The van der Waals surface area contributed by atoms with Crippen LogP contribution in [0, 0.1) is 0 Å². The molecule has 1 aromatic carbocycles. The van der Waals surface area contributed by atoms with Crippen LogP contribution < -0.4 is 10.6 Å². The van der Waals surface area contributed by atoms with Crippen molar-refractivity contribution >= 4 is 23.5 Å². The normalized spacial score (nSPS) is 18.0. The average molecular weight is 348 g/mol. The predicted octanol–water partition coefficient (Wildman–Crippen LogP) is 1.89. The third kappa shape index (κ3) is 5.29. The number of anilines is 1. The van der Waals surface area contributed by atoms with Crippen molar-refractivity contribution in [1.29, 1.82) is 0 Å². The second-order valence-electron chi connectivity index (χ2n) is 7.04. The van der Waals surface area contributed by atoms with Crippen LogP contribution in [0.25, 0.3) is 0 Å². The summed E-state index contributed by atoms with van der Waals surface area (Å²) in [6, 6.07) is 5.97. The summed E-state index contributed by atoms with van der Waals surface area (Å²) in [5, 5.41) is 14.6. The fourth-order valence-corrected chi connectivity index (χ4v) is 2.66. The maximum Gasteiger partial charge on any atom is 0.326 e. The molecule has 136 valence electrons. The third-order valence-electron chi connectivity index (χ3n) is 3.87. The van der Waals surface area contributed by atoms with E-state index in [0.29, 0.717) is 11.3 Å². The Hall–Kier alpha value is -2.41. The Kier molecular flexibility index (Phi) is 5.79. The zero-order valence-electron chi connectivity index (χ0n) is 14.7. The average Bonchev–Trinajstić information content (AvgIpc) is 2.51. The molecule has 7 nitrogen and oxygen atoms in total. The van der Waals surface area contributed by atoms with Crippen LogP contribution in [-0.4, -0.2) is 41.1 Å². The standard InChI is InChI=1S/C18H24N2O5/c1-18(2,3)25-9-8-14(17(23)24)20-16(22)12-10-15(21)19-13-7-5-4-6-11(12)13/h4-7,12,14H,8-10H2,1-3H3,(H,19,21)(H,20,22)(H,23,24). The lowest BCUT2D eigenvalue weighted by Crippen LogP contribution is -2.45. The molecule has 25 heavy (non-hydrogen) atoms. The minimum atomic E-state index is -1.13. The van der Waals surface area contributed by atoms with Gasteiger partial charge in [0, 0.05) is 25.1 Å².